The van der Waals surface area contributed by atoms with Gasteiger partial charge < -0.3 is 20.7 Å². The largest absolute Gasteiger partial charge is 0.476 e. The van der Waals surface area contributed by atoms with Crippen LogP contribution >= 0.6 is 11.8 Å². The maximum atomic E-state index is 12.2. The first-order valence-electron chi connectivity index (χ1n) is 8.14. The van der Waals surface area contributed by atoms with Crippen molar-refractivity contribution in [1.29, 1.82) is 0 Å². The third kappa shape index (κ3) is 3.18. The molecule has 4 N–H and O–H groups in total. The fourth-order valence-corrected chi connectivity index (χ4v) is 4.38. The van der Waals surface area contributed by atoms with Crippen LogP contribution in [-0.4, -0.2) is 62.4 Å². The number of rotatable bonds is 5. The molecule has 10 nitrogen and oxygen atoms in total. The van der Waals surface area contributed by atoms with Crippen LogP contribution < -0.4 is 10.5 Å². The molecule has 0 bridgehead atoms. The van der Waals surface area contributed by atoms with Gasteiger partial charge in [0.2, 0.25) is 5.91 Å². The number of imide groups is 1. The number of aliphatic hydroxyl groups is 1. The lowest BCUT2D eigenvalue weighted by Crippen LogP contribution is -2.60. The van der Waals surface area contributed by atoms with Crippen molar-refractivity contribution in [3.63, 3.8) is 0 Å². The number of β-lactam (4-membered cyclic amide) rings is 1. The third-order valence-corrected chi connectivity index (χ3v) is 5.63. The number of nitrogens with zero attached hydrogens (tertiary/aromatic N) is 2. The molecule has 148 valence electrons. The summed E-state index contributed by atoms with van der Waals surface area (Å²) in [4.78, 5) is 49.0. The number of fused-ring (bicyclic) bond motifs is 1. The van der Waals surface area contributed by atoms with Crippen LogP contribution in [0.25, 0.3) is 0 Å². The highest BCUT2D eigenvalue weighted by Crippen LogP contribution is 2.50. The minimum absolute atomic E-state index is 0.0261. The lowest BCUT2D eigenvalue weighted by Gasteiger charge is -2.43. The number of thioether (sulfide) groups is 1. The predicted molar refractivity (Wildman–Crippen MR) is 96.8 cm³/mol. The van der Waals surface area contributed by atoms with E-state index in [4.69, 9.17) is 10.5 Å². The highest BCUT2D eigenvalue weighted by Gasteiger charge is 2.58. The van der Waals surface area contributed by atoms with Gasteiger partial charge in [-0.25, -0.2) is 9.59 Å². The standard InChI is InChI=1S/C17H17N3O7S/c1-7(21)10-13(23)20-11(15(24)25)16(28-14(10)20)27-9-5-3-4-8(6-9)12(22)19(2)17(18)26/h3-7,10,14,21H,1-2H3,(H2,18,26)(H,24,25)/t7-,10+,14-/m1/s1. The zero-order valence-corrected chi connectivity index (χ0v) is 15.7. The van der Waals surface area contributed by atoms with Crippen LogP contribution in [0.3, 0.4) is 0 Å². The van der Waals surface area contributed by atoms with E-state index in [0.717, 1.165) is 21.6 Å². The molecule has 3 rings (SSSR count). The number of benzene rings is 1. The van der Waals surface area contributed by atoms with E-state index in [1.807, 2.05) is 0 Å². The molecular formula is C17H17N3O7S. The molecule has 0 spiro atoms. The summed E-state index contributed by atoms with van der Waals surface area (Å²) in [6.07, 6.45) is -0.930. The van der Waals surface area contributed by atoms with Crippen LogP contribution in [0, 0.1) is 5.92 Å². The molecule has 28 heavy (non-hydrogen) atoms. The summed E-state index contributed by atoms with van der Waals surface area (Å²) in [6.45, 7) is 1.46. The second-order valence-electron chi connectivity index (χ2n) is 6.26. The summed E-state index contributed by atoms with van der Waals surface area (Å²) in [5.41, 5.74) is 4.88. The van der Waals surface area contributed by atoms with Gasteiger partial charge in [0.05, 0.1) is 12.0 Å². The quantitative estimate of drug-likeness (QED) is 0.593. The third-order valence-electron chi connectivity index (χ3n) is 4.40. The van der Waals surface area contributed by atoms with E-state index in [1.54, 1.807) is 0 Å². The summed E-state index contributed by atoms with van der Waals surface area (Å²) in [7, 11) is 1.23. The minimum Gasteiger partial charge on any atom is -0.476 e. The van der Waals surface area contributed by atoms with Crippen molar-refractivity contribution >= 4 is 35.6 Å². The number of urea groups is 1. The summed E-state index contributed by atoms with van der Waals surface area (Å²) in [5, 5.41) is 18.6. The topological polar surface area (TPSA) is 150 Å². The van der Waals surface area contributed by atoms with Gasteiger partial charge in [-0.1, -0.05) is 17.8 Å². The van der Waals surface area contributed by atoms with Crippen molar-refractivity contribution in [3.05, 3.63) is 40.6 Å². The number of nitrogens with two attached hydrogens (primary N) is 1. The summed E-state index contributed by atoms with van der Waals surface area (Å²) in [5.74, 6) is -3.07. The van der Waals surface area contributed by atoms with Gasteiger partial charge in [-0.15, -0.1) is 0 Å². The van der Waals surface area contributed by atoms with E-state index in [0.29, 0.717) is 0 Å². The van der Waals surface area contributed by atoms with Crippen molar-refractivity contribution in [3.8, 4) is 5.75 Å². The molecule has 2 aliphatic rings. The van der Waals surface area contributed by atoms with Gasteiger partial charge in [0.15, 0.2) is 10.8 Å². The van der Waals surface area contributed by atoms with Gasteiger partial charge in [0.1, 0.15) is 11.1 Å². The smallest absolute Gasteiger partial charge is 0.357 e. The van der Waals surface area contributed by atoms with Crippen molar-refractivity contribution < 1.29 is 34.1 Å². The molecule has 4 amide bonds. The van der Waals surface area contributed by atoms with Crippen molar-refractivity contribution in [2.75, 3.05) is 7.05 Å². The van der Waals surface area contributed by atoms with Gasteiger partial charge in [-0.3, -0.25) is 19.4 Å². The number of carbonyl (C=O) groups is 4. The Morgan fingerprint density at radius 3 is 2.61 bits per heavy atom. The fourth-order valence-electron chi connectivity index (χ4n) is 2.91. The summed E-state index contributed by atoms with van der Waals surface area (Å²) >= 11 is 1.01. The van der Waals surface area contributed by atoms with Crippen molar-refractivity contribution in [2.24, 2.45) is 11.7 Å². The van der Waals surface area contributed by atoms with Gasteiger partial charge in [0, 0.05) is 12.6 Å². The molecule has 0 aromatic heterocycles. The normalized spacial score (nSPS) is 21.7. The maximum absolute atomic E-state index is 12.2. The Hall–Kier alpha value is -3.05. The number of ether oxygens (including phenoxy) is 1. The number of hydrogen-bond donors (Lipinski definition) is 3. The Bertz CT molecular complexity index is 914. The first-order chi connectivity index (χ1) is 13.1. The van der Waals surface area contributed by atoms with Crippen LogP contribution in [0.2, 0.25) is 0 Å². The molecular weight excluding hydrogens is 390 g/mol. The van der Waals surface area contributed by atoms with E-state index < -0.39 is 41.2 Å². The SMILES string of the molecule is C[C@@H](O)[C@H]1C(=O)N2C(C(=O)O)=C(Oc3cccc(C(=O)N(C)C(N)=O)c3)S[C@H]12. The molecule has 3 atom stereocenters. The molecule has 1 saturated heterocycles. The molecule has 2 aliphatic heterocycles. The number of primary amides is 1. The Morgan fingerprint density at radius 2 is 2.04 bits per heavy atom. The molecule has 0 radical (unpaired) electrons. The first-order valence-corrected chi connectivity index (χ1v) is 9.02. The second kappa shape index (κ2) is 7.17. The van der Waals surface area contributed by atoms with E-state index in [-0.39, 0.29) is 22.1 Å². The van der Waals surface area contributed by atoms with Crippen LogP contribution in [0.4, 0.5) is 4.79 Å². The van der Waals surface area contributed by atoms with Crippen LogP contribution in [0.1, 0.15) is 17.3 Å². The summed E-state index contributed by atoms with van der Waals surface area (Å²) < 4.78 is 5.64. The molecule has 0 aliphatic carbocycles. The Balaban J connectivity index is 1.87. The molecule has 1 aromatic carbocycles. The van der Waals surface area contributed by atoms with Gasteiger partial charge in [-0.2, -0.15) is 0 Å². The highest BCUT2D eigenvalue weighted by atomic mass is 32.2. The number of aliphatic hydroxyl groups excluding tert-OH is 1. The first kappa shape index (κ1) is 19.7. The van der Waals surface area contributed by atoms with Crippen molar-refractivity contribution in [1.82, 2.24) is 9.80 Å². The lowest BCUT2D eigenvalue weighted by molar-refractivity contribution is -0.156. The zero-order chi connectivity index (χ0) is 20.7. The van der Waals surface area contributed by atoms with Crippen LogP contribution in [0.5, 0.6) is 5.75 Å². The zero-order valence-electron chi connectivity index (χ0n) is 14.9. The number of hydrogen-bond acceptors (Lipinski definition) is 7. The fraction of sp³-hybridized carbons (Fsp3) is 0.294. The van der Waals surface area contributed by atoms with Crippen molar-refractivity contribution in [2.45, 2.75) is 18.4 Å². The second-order valence-corrected chi connectivity index (χ2v) is 7.35. The molecule has 0 unspecified atom stereocenters. The van der Waals surface area contributed by atoms with Gasteiger partial charge in [-0.05, 0) is 25.1 Å². The number of carboxylic acids is 1. The molecule has 2 heterocycles. The van der Waals surface area contributed by atoms with Crippen LogP contribution in [-0.2, 0) is 9.59 Å². The number of amides is 4. The van der Waals surface area contributed by atoms with Gasteiger partial charge in [0.25, 0.3) is 5.91 Å². The highest BCUT2D eigenvalue weighted by molar-refractivity contribution is 8.03. The number of carboxylic acid groups (broad SMARTS) is 1. The number of carbonyl (C=O) groups excluding carboxylic acids is 3. The Kier molecular flexibility index (Phi) is 5.04. The average molecular weight is 407 g/mol. The predicted octanol–water partition coefficient (Wildman–Crippen LogP) is 0.382. The number of aliphatic carboxylic acids is 1. The molecule has 0 saturated carbocycles. The van der Waals surface area contributed by atoms with E-state index in [1.165, 1.54) is 38.2 Å². The molecule has 1 fully saturated rings. The van der Waals surface area contributed by atoms with E-state index in [9.17, 15) is 29.4 Å². The summed E-state index contributed by atoms with van der Waals surface area (Å²) in [6, 6.07) is 4.85. The lowest BCUT2D eigenvalue weighted by atomic mass is 9.92. The monoisotopic (exact) mass is 407 g/mol. The Morgan fingerprint density at radius 1 is 1.36 bits per heavy atom. The van der Waals surface area contributed by atoms with E-state index in [2.05, 4.69) is 0 Å². The molecule has 1 aromatic rings. The average Bonchev–Trinajstić information content (AvgIpc) is 2.94. The minimum atomic E-state index is -1.34. The maximum Gasteiger partial charge on any atom is 0.357 e. The Labute approximate surface area is 163 Å². The van der Waals surface area contributed by atoms with Gasteiger partial charge >= 0.3 is 12.0 Å². The van der Waals surface area contributed by atoms with E-state index >= 15 is 0 Å². The van der Waals surface area contributed by atoms with Crippen LogP contribution in [0.15, 0.2) is 35.1 Å². The molecule has 11 heteroatoms.